The van der Waals surface area contributed by atoms with Crippen molar-refractivity contribution in [3.8, 4) is 17.2 Å². The van der Waals surface area contributed by atoms with Crippen molar-refractivity contribution in [2.45, 2.75) is 51.9 Å². The highest BCUT2D eigenvalue weighted by Crippen LogP contribution is 2.25. The largest absolute Gasteiger partial charge is 0.437 e. The van der Waals surface area contributed by atoms with Gasteiger partial charge in [0.25, 0.3) is 0 Å². The van der Waals surface area contributed by atoms with Gasteiger partial charge in [0.05, 0.1) is 11.6 Å². The number of benzene rings is 2. The third-order valence-electron chi connectivity index (χ3n) is 4.01. The van der Waals surface area contributed by atoms with Crippen LogP contribution < -0.4 is 0 Å². The molecule has 0 aliphatic rings. The lowest BCUT2D eigenvalue weighted by Gasteiger charge is -2.37. The normalized spacial score (nSPS) is 12.7. The third-order valence-corrected chi connectivity index (χ3v) is 13.9. The second-order valence-corrected chi connectivity index (χ2v) is 21.6. The lowest BCUT2D eigenvalue weighted by molar-refractivity contribution is 0.392. The number of hydrogen-bond donors (Lipinski definition) is 0. The first-order valence-corrected chi connectivity index (χ1v) is 18.7. The van der Waals surface area contributed by atoms with Gasteiger partial charge >= 0.3 is 8.56 Å². The van der Waals surface area contributed by atoms with Crippen LogP contribution in [0.25, 0.3) is 11.1 Å². The molecule has 0 aromatic heterocycles. The van der Waals surface area contributed by atoms with E-state index in [-0.39, 0.29) is 0 Å². The molecule has 0 saturated carbocycles. The molecular formula is C21H31NO2Si3. The van der Waals surface area contributed by atoms with Gasteiger partial charge in [-0.1, -0.05) is 36.4 Å². The average Bonchev–Trinajstić information content (AvgIpc) is 2.51. The Kier molecular flexibility index (Phi) is 6.66. The number of nitriles is 1. The van der Waals surface area contributed by atoms with E-state index in [0.717, 1.165) is 11.6 Å². The molecule has 6 heteroatoms. The van der Waals surface area contributed by atoms with Gasteiger partial charge in [0.2, 0.25) is 0 Å². The summed E-state index contributed by atoms with van der Waals surface area (Å²) in [5, 5.41) is 8.92. The monoisotopic (exact) mass is 413 g/mol. The van der Waals surface area contributed by atoms with Crippen LogP contribution in [-0.2, 0) is 14.3 Å². The Labute approximate surface area is 167 Å². The predicted octanol–water partition coefficient (Wildman–Crippen LogP) is 6.08. The van der Waals surface area contributed by atoms with Crippen molar-refractivity contribution in [1.29, 1.82) is 5.26 Å². The number of nitrogens with zero attached hydrogens (tertiary/aromatic N) is 1. The lowest BCUT2D eigenvalue weighted by atomic mass is 10.0. The van der Waals surface area contributed by atoms with Crippen LogP contribution in [0.4, 0.5) is 0 Å². The molecule has 0 radical (unpaired) electrons. The molecule has 0 atom stereocenters. The van der Waals surface area contributed by atoms with Crippen LogP contribution in [-0.4, -0.2) is 25.2 Å². The molecule has 3 nitrogen and oxygen atoms in total. The Morgan fingerprint density at radius 2 is 1.22 bits per heavy atom. The molecule has 0 unspecified atom stereocenters. The van der Waals surface area contributed by atoms with Crippen molar-refractivity contribution < 1.29 is 8.23 Å². The summed E-state index contributed by atoms with van der Waals surface area (Å²) in [7, 11) is -5.57. The molecule has 0 bridgehead atoms. The minimum absolute atomic E-state index is 0.688. The zero-order valence-corrected chi connectivity index (χ0v) is 20.6. The molecule has 144 valence electrons. The molecule has 2 aromatic carbocycles. The summed E-state index contributed by atoms with van der Waals surface area (Å²) < 4.78 is 13.0. The van der Waals surface area contributed by atoms with E-state index in [1.54, 1.807) is 0 Å². The maximum atomic E-state index is 8.92. The van der Waals surface area contributed by atoms with Gasteiger partial charge < -0.3 is 8.23 Å². The van der Waals surface area contributed by atoms with E-state index >= 15 is 0 Å². The Hall–Kier alpha value is -1.50. The van der Waals surface area contributed by atoms with Crippen LogP contribution in [0.3, 0.4) is 0 Å². The van der Waals surface area contributed by atoms with E-state index in [4.69, 9.17) is 13.5 Å². The fourth-order valence-corrected chi connectivity index (χ4v) is 16.8. The summed E-state index contributed by atoms with van der Waals surface area (Å²) >= 11 is 0. The first-order valence-electron chi connectivity index (χ1n) is 9.39. The standard InChI is InChI=1S/C21H31NO2Si3/c1-25(2,3)23-27(6,7)24-26(4,5)17-19-10-14-21(15-11-19)20-12-8-18(16-22)9-13-20/h8-15H,17H2,1-7H3. The zero-order valence-electron chi connectivity index (χ0n) is 17.6. The van der Waals surface area contributed by atoms with E-state index in [1.165, 1.54) is 11.1 Å². The van der Waals surface area contributed by atoms with E-state index in [0.29, 0.717) is 5.56 Å². The zero-order chi connectivity index (χ0) is 20.3. The fraction of sp³-hybridized carbons (Fsp3) is 0.381. The first kappa shape index (κ1) is 21.8. The third kappa shape index (κ3) is 7.20. The maximum absolute atomic E-state index is 8.92. The van der Waals surface area contributed by atoms with Crippen LogP contribution in [0.15, 0.2) is 48.5 Å². The smallest absolute Gasteiger partial charge is 0.311 e. The van der Waals surface area contributed by atoms with Gasteiger partial charge in [-0.05, 0) is 80.7 Å². The Bertz CT molecular complexity index is 801. The summed E-state index contributed by atoms with van der Waals surface area (Å²) in [4.78, 5) is 0. The predicted molar refractivity (Wildman–Crippen MR) is 121 cm³/mol. The molecule has 0 spiro atoms. The molecule has 0 heterocycles. The van der Waals surface area contributed by atoms with Crippen molar-refractivity contribution in [2.75, 3.05) is 0 Å². The highest BCUT2D eigenvalue weighted by Gasteiger charge is 2.37. The summed E-state index contributed by atoms with van der Waals surface area (Å²) in [6.07, 6.45) is 0. The van der Waals surface area contributed by atoms with Crippen LogP contribution in [0.2, 0.25) is 45.8 Å². The summed E-state index contributed by atoms with van der Waals surface area (Å²) in [5.74, 6) is 0. The van der Waals surface area contributed by atoms with Crippen molar-refractivity contribution in [1.82, 2.24) is 0 Å². The second-order valence-electron chi connectivity index (χ2n) is 9.04. The van der Waals surface area contributed by atoms with Crippen molar-refractivity contribution >= 4 is 25.2 Å². The Morgan fingerprint density at radius 3 is 1.67 bits per heavy atom. The highest BCUT2D eigenvalue weighted by molar-refractivity contribution is 6.87. The molecule has 0 N–H and O–H groups in total. The average molecular weight is 414 g/mol. The van der Waals surface area contributed by atoms with Gasteiger partial charge in [0, 0.05) is 0 Å². The molecule has 27 heavy (non-hydrogen) atoms. The minimum Gasteiger partial charge on any atom is -0.437 e. The number of rotatable bonds is 7. The minimum atomic E-state index is -2.10. The highest BCUT2D eigenvalue weighted by atomic mass is 28.5. The molecule has 0 fully saturated rings. The molecule has 0 aliphatic heterocycles. The summed E-state index contributed by atoms with van der Waals surface area (Å²) in [6.45, 7) is 15.6. The molecule has 2 rings (SSSR count). The van der Waals surface area contributed by atoms with Crippen LogP contribution in [0.1, 0.15) is 11.1 Å². The lowest BCUT2D eigenvalue weighted by Crippen LogP contribution is -2.52. The van der Waals surface area contributed by atoms with Gasteiger partial charge in [-0.2, -0.15) is 5.26 Å². The van der Waals surface area contributed by atoms with Gasteiger partial charge in [-0.3, -0.25) is 0 Å². The van der Waals surface area contributed by atoms with Gasteiger partial charge in [-0.25, -0.2) is 0 Å². The topological polar surface area (TPSA) is 42.2 Å². The van der Waals surface area contributed by atoms with Crippen LogP contribution in [0.5, 0.6) is 0 Å². The van der Waals surface area contributed by atoms with Crippen molar-refractivity contribution in [3.63, 3.8) is 0 Å². The Balaban J connectivity index is 2.07. The van der Waals surface area contributed by atoms with Crippen LogP contribution >= 0.6 is 0 Å². The van der Waals surface area contributed by atoms with Crippen molar-refractivity contribution in [3.05, 3.63) is 59.7 Å². The molecule has 0 amide bonds. The molecule has 0 saturated heterocycles. The molecule has 0 aliphatic carbocycles. The second kappa shape index (κ2) is 8.25. The molecule has 2 aromatic rings. The Morgan fingerprint density at radius 1 is 0.741 bits per heavy atom. The van der Waals surface area contributed by atoms with E-state index < -0.39 is 25.2 Å². The fourth-order valence-electron chi connectivity index (χ4n) is 3.50. The van der Waals surface area contributed by atoms with Gasteiger partial charge in [-0.15, -0.1) is 0 Å². The van der Waals surface area contributed by atoms with Gasteiger partial charge in [0.15, 0.2) is 16.6 Å². The number of hydrogen-bond acceptors (Lipinski definition) is 3. The van der Waals surface area contributed by atoms with Crippen molar-refractivity contribution in [2.24, 2.45) is 0 Å². The maximum Gasteiger partial charge on any atom is 0.311 e. The quantitative estimate of drug-likeness (QED) is 0.516. The SMILES string of the molecule is C[Si](C)(C)O[Si](C)(C)O[Si](C)(C)Cc1ccc(-c2ccc(C#N)cc2)cc1. The summed E-state index contributed by atoms with van der Waals surface area (Å²) in [5.41, 5.74) is 4.29. The van der Waals surface area contributed by atoms with Crippen LogP contribution in [0, 0.1) is 11.3 Å². The molecular weight excluding hydrogens is 382 g/mol. The van der Waals surface area contributed by atoms with E-state index in [1.807, 2.05) is 24.3 Å². The van der Waals surface area contributed by atoms with E-state index in [2.05, 4.69) is 76.2 Å². The van der Waals surface area contributed by atoms with E-state index in [9.17, 15) is 0 Å². The van der Waals surface area contributed by atoms with Gasteiger partial charge in [0.1, 0.15) is 0 Å². The summed E-state index contributed by atoms with van der Waals surface area (Å²) in [6, 6.07) is 19.5. The first-order chi connectivity index (χ1) is 12.4.